The fraction of sp³-hybridized carbons (Fsp3) is 0.200. The molecule has 0 saturated heterocycles. The van der Waals surface area contributed by atoms with E-state index in [0.29, 0.717) is 17.0 Å². The minimum absolute atomic E-state index is 0.119. The highest BCUT2D eigenvalue weighted by Gasteiger charge is 2.25. The maximum absolute atomic E-state index is 12.4. The molecule has 0 fully saturated rings. The predicted molar refractivity (Wildman–Crippen MR) is 72.3 cm³/mol. The van der Waals surface area contributed by atoms with Crippen molar-refractivity contribution in [1.82, 2.24) is 9.55 Å². The molecule has 20 heavy (non-hydrogen) atoms. The van der Waals surface area contributed by atoms with Crippen LogP contribution in [0.25, 0.3) is 0 Å². The Morgan fingerprint density at radius 1 is 1.40 bits per heavy atom. The lowest BCUT2D eigenvalue weighted by molar-refractivity contribution is 0.0969. The maximum atomic E-state index is 12.4. The summed E-state index contributed by atoms with van der Waals surface area (Å²) in [6.45, 7) is 1.43. The van der Waals surface area contributed by atoms with Gasteiger partial charge < -0.3 is 4.57 Å². The second-order valence-corrected chi connectivity index (χ2v) is 4.46. The van der Waals surface area contributed by atoms with Crippen LogP contribution in [0.5, 0.6) is 0 Å². The summed E-state index contributed by atoms with van der Waals surface area (Å²) in [5.74, 6) is -1.45. The first kappa shape index (κ1) is 13.7. The molecule has 5 heteroatoms. The molecule has 0 saturated carbocycles. The van der Waals surface area contributed by atoms with Crippen molar-refractivity contribution in [3.8, 4) is 6.07 Å². The third-order valence-electron chi connectivity index (χ3n) is 3.04. The van der Waals surface area contributed by atoms with Gasteiger partial charge in [0.2, 0.25) is 5.78 Å². The van der Waals surface area contributed by atoms with Crippen LogP contribution in [0, 0.1) is 11.3 Å². The van der Waals surface area contributed by atoms with Crippen molar-refractivity contribution in [1.29, 1.82) is 5.26 Å². The second-order valence-electron chi connectivity index (χ2n) is 4.46. The molecule has 0 aliphatic carbocycles. The van der Waals surface area contributed by atoms with Gasteiger partial charge in [0.25, 0.3) is 0 Å². The summed E-state index contributed by atoms with van der Waals surface area (Å²) in [6, 6.07) is 8.57. The highest BCUT2D eigenvalue weighted by Crippen LogP contribution is 2.20. The second kappa shape index (κ2) is 5.49. The van der Waals surface area contributed by atoms with E-state index in [1.165, 1.54) is 13.0 Å². The fourth-order valence-corrected chi connectivity index (χ4v) is 1.96. The Labute approximate surface area is 116 Å². The zero-order valence-electron chi connectivity index (χ0n) is 11.2. The molecule has 2 aromatic rings. The summed E-state index contributed by atoms with van der Waals surface area (Å²) in [7, 11) is 1.67. The molecule has 5 nitrogen and oxygen atoms in total. The first-order valence-electron chi connectivity index (χ1n) is 6.06. The number of pyridine rings is 1. The lowest BCUT2D eigenvalue weighted by Crippen LogP contribution is -2.15. The van der Waals surface area contributed by atoms with Gasteiger partial charge in [0.1, 0.15) is 0 Å². The normalized spacial score (nSPS) is 11.7. The number of carbonyl (C=O) groups is 2. The Kier molecular flexibility index (Phi) is 3.76. The lowest BCUT2D eigenvalue weighted by Gasteiger charge is -2.08. The molecule has 0 spiro atoms. The Morgan fingerprint density at radius 2 is 2.15 bits per heavy atom. The predicted octanol–water partition coefficient (Wildman–Crippen LogP) is 2.11. The Bertz CT molecular complexity index is 696. The number of nitriles is 1. The molecule has 0 N–H and O–H groups in total. The van der Waals surface area contributed by atoms with E-state index in [0.717, 1.165) is 0 Å². The van der Waals surface area contributed by atoms with Crippen LogP contribution in [0.2, 0.25) is 0 Å². The highest BCUT2D eigenvalue weighted by molar-refractivity contribution is 6.04. The topological polar surface area (TPSA) is 75.8 Å². The number of hydrogen-bond acceptors (Lipinski definition) is 4. The van der Waals surface area contributed by atoms with Crippen molar-refractivity contribution in [2.45, 2.75) is 12.8 Å². The first-order chi connectivity index (χ1) is 9.54. The van der Waals surface area contributed by atoms with Crippen LogP contribution < -0.4 is 0 Å². The zero-order valence-corrected chi connectivity index (χ0v) is 11.2. The molecule has 0 bridgehead atoms. The molecule has 2 heterocycles. The third kappa shape index (κ3) is 2.50. The van der Waals surface area contributed by atoms with E-state index in [4.69, 9.17) is 0 Å². The standard InChI is InChI=1S/C15H13N3O2/c1-10(19)11-7-14(18(2)9-11)15(20)12(8-16)13-5-3-4-6-17-13/h3-7,9,12H,1-2H3. The van der Waals surface area contributed by atoms with E-state index in [1.807, 2.05) is 6.07 Å². The molecule has 0 aromatic carbocycles. The number of aromatic nitrogens is 2. The third-order valence-corrected chi connectivity index (χ3v) is 3.04. The zero-order chi connectivity index (χ0) is 14.7. The lowest BCUT2D eigenvalue weighted by atomic mass is 9.98. The minimum Gasteiger partial charge on any atom is -0.347 e. The van der Waals surface area contributed by atoms with Crippen molar-refractivity contribution in [2.24, 2.45) is 7.05 Å². The Morgan fingerprint density at radius 3 is 2.65 bits per heavy atom. The summed E-state index contributed by atoms with van der Waals surface area (Å²) in [6.07, 6.45) is 3.13. The van der Waals surface area contributed by atoms with Gasteiger partial charge in [-0.2, -0.15) is 5.26 Å². The quantitative estimate of drug-likeness (QED) is 0.795. The van der Waals surface area contributed by atoms with Gasteiger partial charge in [-0.3, -0.25) is 14.6 Å². The minimum atomic E-state index is -0.968. The molecular weight excluding hydrogens is 254 g/mol. The van der Waals surface area contributed by atoms with Gasteiger partial charge >= 0.3 is 0 Å². The van der Waals surface area contributed by atoms with Crippen LogP contribution in [0.15, 0.2) is 36.7 Å². The van der Waals surface area contributed by atoms with Gasteiger partial charge in [-0.15, -0.1) is 0 Å². The average Bonchev–Trinajstić information content (AvgIpc) is 2.83. The summed E-state index contributed by atoms with van der Waals surface area (Å²) >= 11 is 0. The summed E-state index contributed by atoms with van der Waals surface area (Å²) in [5.41, 5.74) is 1.19. The van der Waals surface area contributed by atoms with Gasteiger partial charge in [-0.05, 0) is 25.1 Å². The van der Waals surface area contributed by atoms with Crippen molar-refractivity contribution in [2.75, 3.05) is 0 Å². The fourth-order valence-electron chi connectivity index (χ4n) is 1.96. The maximum Gasteiger partial charge on any atom is 0.202 e. The van der Waals surface area contributed by atoms with Crippen LogP contribution in [0.4, 0.5) is 0 Å². The van der Waals surface area contributed by atoms with Crippen molar-refractivity contribution in [3.63, 3.8) is 0 Å². The average molecular weight is 267 g/mol. The van der Waals surface area contributed by atoms with E-state index in [9.17, 15) is 14.9 Å². The molecule has 1 unspecified atom stereocenters. The highest BCUT2D eigenvalue weighted by atomic mass is 16.1. The van der Waals surface area contributed by atoms with E-state index in [2.05, 4.69) is 4.98 Å². The molecule has 2 rings (SSSR count). The monoisotopic (exact) mass is 267 g/mol. The smallest absolute Gasteiger partial charge is 0.202 e. The van der Waals surface area contributed by atoms with Crippen LogP contribution in [-0.2, 0) is 7.05 Å². The van der Waals surface area contributed by atoms with Gasteiger partial charge in [-0.1, -0.05) is 6.07 Å². The van der Waals surface area contributed by atoms with Crippen LogP contribution in [0.1, 0.15) is 39.4 Å². The Balaban J connectivity index is 2.40. The van der Waals surface area contributed by atoms with Gasteiger partial charge in [0.05, 0.1) is 17.5 Å². The number of aryl methyl sites for hydroxylation is 1. The number of hydrogen-bond donors (Lipinski definition) is 0. The number of carbonyl (C=O) groups excluding carboxylic acids is 2. The van der Waals surface area contributed by atoms with Gasteiger partial charge in [-0.25, -0.2) is 0 Å². The number of Topliss-reactive ketones (excluding diaryl/α,β-unsaturated/α-hetero) is 2. The van der Waals surface area contributed by atoms with E-state index in [1.54, 1.807) is 42.2 Å². The number of nitrogens with zero attached hydrogens (tertiary/aromatic N) is 3. The van der Waals surface area contributed by atoms with E-state index in [-0.39, 0.29) is 11.6 Å². The summed E-state index contributed by atoms with van der Waals surface area (Å²) in [5, 5.41) is 9.23. The molecule has 2 aromatic heterocycles. The summed E-state index contributed by atoms with van der Waals surface area (Å²) < 4.78 is 1.56. The molecule has 0 amide bonds. The molecule has 1 atom stereocenters. The van der Waals surface area contributed by atoms with Crippen LogP contribution >= 0.6 is 0 Å². The molecular formula is C15H13N3O2. The molecule has 0 radical (unpaired) electrons. The first-order valence-corrected chi connectivity index (χ1v) is 6.06. The van der Waals surface area contributed by atoms with Crippen LogP contribution in [0.3, 0.4) is 0 Å². The SMILES string of the molecule is CC(=O)c1cc(C(=O)C(C#N)c2ccccn2)n(C)c1. The van der Waals surface area contributed by atoms with Crippen molar-refractivity contribution >= 4 is 11.6 Å². The number of rotatable bonds is 4. The van der Waals surface area contributed by atoms with Crippen molar-refractivity contribution < 1.29 is 9.59 Å². The molecule has 100 valence electrons. The van der Waals surface area contributed by atoms with E-state index < -0.39 is 5.92 Å². The molecule has 0 aliphatic heterocycles. The van der Waals surface area contributed by atoms with Gasteiger partial charge in [0.15, 0.2) is 11.7 Å². The largest absolute Gasteiger partial charge is 0.347 e. The van der Waals surface area contributed by atoms with Crippen LogP contribution in [-0.4, -0.2) is 21.1 Å². The van der Waals surface area contributed by atoms with E-state index >= 15 is 0 Å². The Hall–Kier alpha value is -2.74. The molecule has 0 aliphatic rings. The summed E-state index contributed by atoms with van der Waals surface area (Å²) in [4.78, 5) is 27.8. The number of ketones is 2. The van der Waals surface area contributed by atoms with Gasteiger partial charge in [0, 0.05) is 25.0 Å². The van der Waals surface area contributed by atoms with Crippen molar-refractivity contribution in [3.05, 3.63) is 53.6 Å².